The van der Waals surface area contributed by atoms with Crippen molar-refractivity contribution in [1.29, 1.82) is 0 Å². The van der Waals surface area contributed by atoms with E-state index in [4.69, 9.17) is 16.3 Å². The summed E-state index contributed by atoms with van der Waals surface area (Å²) < 4.78 is 8.23. The molecule has 0 N–H and O–H groups in total. The van der Waals surface area contributed by atoms with Crippen molar-refractivity contribution >= 4 is 38.4 Å². The second-order valence-electron chi connectivity index (χ2n) is 4.32. The number of benzene rings is 1. The van der Waals surface area contributed by atoms with Crippen LogP contribution < -0.4 is 4.74 Å². The summed E-state index contributed by atoms with van der Waals surface area (Å²) >= 11 is 9.48. The van der Waals surface area contributed by atoms with Gasteiger partial charge in [-0.3, -0.25) is 9.67 Å². The number of ether oxygens (including phenoxy) is 1. The van der Waals surface area contributed by atoms with Crippen LogP contribution in [0.1, 0.15) is 5.69 Å². The van der Waals surface area contributed by atoms with Gasteiger partial charge in [0.1, 0.15) is 23.2 Å². The lowest BCUT2D eigenvalue weighted by atomic mass is 10.2. The molecule has 0 bridgehead atoms. The van der Waals surface area contributed by atoms with Crippen molar-refractivity contribution in [3.05, 3.63) is 51.8 Å². The van der Waals surface area contributed by atoms with Crippen molar-refractivity contribution in [1.82, 2.24) is 14.8 Å². The maximum atomic E-state index is 5.95. The maximum Gasteiger partial charge on any atom is 0.136 e. The number of nitrogens with zero attached hydrogens (tertiary/aromatic N) is 3. The zero-order valence-corrected chi connectivity index (χ0v) is 13.0. The van der Waals surface area contributed by atoms with Crippen molar-refractivity contribution in [2.45, 2.75) is 6.61 Å². The highest BCUT2D eigenvalue weighted by molar-refractivity contribution is 9.10. The number of hydrogen-bond acceptors (Lipinski definition) is 3. The molecule has 0 amide bonds. The molecule has 3 rings (SSSR count). The smallest absolute Gasteiger partial charge is 0.136 e. The topological polar surface area (TPSA) is 39.9 Å². The number of hydrogen-bond donors (Lipinski definition) is 0. The molecule has 102 valence electrons. The Kier molecular flexibility index (Phi) is 3.63. The van der Waals surface area contributed by atoms with Gasteiger partial charge in [-0.1, -0.05) is 17.7 Å². The Hall–Kier alpha value is -1.59. The Balaban J connectivity index is 1.86. The first-order valence-corrected chi connectivity index (χ1v) is 7.16. The molecule has 0 fully saturated rings. The summed E-state index contributed by atoms with van der Waals surface area (Å²) in [6.45, 7) is 0.359. The largest absolute Gasteiger partial charge is 0.486 e. The molecule has 0 aliphatic rings. The molecule has 20 heavy (non-hydrogen) atoms. The molecule has 0 atom stereocenters. The lowest BCUT2D eigenvalue weighted by molar-refractivity contribution is 0.298. The number of pyridine rings is 1. The summed E-state index contributed by atoms with van der Waals surface area (Å²) in [4.78, 5) is 4.35. The second-order valence-corrected chi connectivity index (χ2v) is 5.50. The Morgan fingerprint density at radius 3 is 2.95 bits per heavy atom. The molecule has 1 aromatic carbocycles. The SMILES string of the molecule is Cn1nc(COc2ccc3cccnc3c2Br)cc1Cl. The molecule has 0 saturated carbocycles. The van der Waals surface area contributed by atoms with Crippen LogP contribution >= 0.6 is 27.5 Å². The number of aryl methyl sites for hydroxylation is 1. The molecule has 4 nitrogen and oxygen atoms in total. The number of fused-ring (bicyclic) bond motifs is 1. The van der Waals surface area contributed by atoms with E-state index in [-0.39, 0.29) is 0 Å². The van der Waals surface area contributed by atoms with Gasteiger partial charge in [0.15, 0.2) is 0 Å². The molecule has 0 saturated heterocycles. The van der Waals surface area contributed by atoms with E-state index in [1.165, 1.54) is 0 Å². The predicted molar refractivity (Wildman–Crippen MR) is 82.0 cm³/mol. The summed E-state index contributed by atoms with van der Waals surface area (Å²) in [5.74, 6) is 0.734. The van der Waals surface area contributed by atoms with Crippen molar-refractivity contribution in [2.75, 3.05) is 0 Å². The molecule has 0 aliphatic carbocycles. The number of halogens is 2. The summed E-state index contributed by atoms with van der Waals surface area (Å²) in [5, 5.41) is 5.89. The van der Waals surface area contributed by atoms with Crippen molar-refractivity contribution in [3.8, 4) is 5.75 Å². The third-order valence-corrected chi connectivity index (χ3v) is 4.05. The van der Waals surface area contributed by atoms with Crippen molar-refractivity contribution in [2.24, 2.45) is 7.05 Å². The van der Waals surface area contributed by atoms with Gasteiger partial charge < -0.3 is 4.74 Å². The molecule has 0 radical (unpaired) electrons. The van der Waals surface area contributed by atoms with Gasteiger partial charge in [-0.25, -0.2) is 0 Å². The van der Waals surface area contributed by atoms with Crippen LogP contribution in [0.15, 0.2) is 41.0 Å². The minimum absolute atomic E-state index is 0.359. The Bertz CT molecular complexity index is 753. The first-order chi connectivity index (χ1) is 9.65. The Morgan fingerprint density at radius 1 is 1.35 bits per heavy atom. The Morgan fingerprint density at radius 2 is 2.20 bits per heavy atom. The lowest BCUT2D eigenvalue weighted by Crippen LogP contribution is -1.99. The fourth-order valence-corrected chi connectivity index (χ4v) is 2.67. The van der Waals surface area contributed by atoms with Gasteiger partial charge in [-0.15, -0.1) is 0 Å². The van der Waals surface area contributed by atoms with Crippen molar-refractivity contribution < 1.29 is 4.74 Å². The summed E-state index contributed by atoms with van der Waals surface area (Å²) in [7, 11) is 1.79. The van der Waals surface area contributed by atoms with E-state index in [1.54, 1.807) is 24.0 Å². The van der Waals surface area contributed by atoms with Gasteiger partial charge in [0.05, 0.1) is 9.99 Å². The molecule has 0 aliphatic heterocycles. The highest BCUT2D eigenvalue weighted by atomic mass is 79.9. The minimum Gasteiger partial charge on any atom is -0.486 e. The fourth-order valence-electron chi connectivity index (χ4n) is 1.92. The van der Waals surface area contributed by atoms with E-state index < -0.39 is 0 Å². The molecule has 0 unspecified atom stereocenters. The van der Waals surface area contributed by atoms with E-state index >= 15 is 0 Å². The van der Waals surface area contributed by atoms with E-state index in [0.717, 1.165) is 26.8 Å². The summed E-state index contributed by atoms with van der Waals surface area (Å²) in [6.07, 6.45) is 1.76. The molecule has 6 heteroatoms. The van der Waals surface area contributed by atoms with Crippen LogP contribution in [0.25, 0.3) is 10.9 Å². The maximum absolute atomic E-state index is 5.95. The van der Waals surface area contributed by atoms with E-state index in [9.17, 15) is 0 Å². The summed E-state index contributed by atoms with van der Waals surface area (Å²) in [5.41, 5.74) is 1.66. The van der Waals surface area contributed by atoms with E-state index in [0.29, 0.717) is 11.8 Å². The van der Waals surface area contributed by atoms with Crippen LogP contribution in [0.2, 0.25) is 5.15 Å². The quantitative estimate of drug-likeness (QED) is 0.716. The average molecular weight is 353 g/mol. The summed E-state index contributed by atoms with van der Waals surface area (Å²) in [6, 6.07) is 9.60. The van der Waals surface area contributed by atoms with Crippen LogP contribution in [-0.4, -0.2) is 14.8 Å². The number of rotatable bonds is 3. The van der Waals surface area contributed by atoms with E-state index in [2.05, 4.69) is 26.0 Å². The standard InChI is InChI=1S/C14H11BrClN3O/c1-19-12(16)7-10(18-19)8-20-11-5-4-9-3-2-6-17-14(9)13(11)15/h2-7H,8H2,1H3. The number of aromatic nitrogens is 3. The lowest BCUT2D eigenvalue weighted by Gasteiger charge is -2.08. The fraction of sp³-hybridized carbons (Fsp3) is 0.143. The normalized spacial score (nSPS) is 10.9. The average Bonchev–Trinajstić information content (AvgIpc) is 2.77. The van der Waals surface area contributed by atoms with Gasteiger partial charge in [0.25, 0.3) is 0 Å². The third kappa shape index (κ3) is 2.51. The van der Waals surface area contributed by atoms with Crippen LogP contribution in [-0.2, 0) is 13.7 Å². The van der Waals surface area contributed by atoms with E-state index in [1.807, 2.05) is 24.3 Å². The highest BCUT2D eigenvalue weighted by Crippen LogP contribution is 2.32. The molecule has 3 aromatic rings. The minimum atomic E-state index is 0.359. The highest BCUT2D eigenvalue weighted by Gasteiger charge is 2.09. The molecule has 2 aromatic heterocycles. The van der Waals surface area contributed by atoms with Gasteiger partial charge in [0, 0.05) is 24.7 Å². The van der Waals surface area contributed by atoms with Gasteiger partial charge in [-0.05, 0) is 34.1 Å². The van der Waals surface area contributed by atoms with Gasteiger partial charge >= 0.3 is 0 Å². The van der Waals surface area contributed by atoms with Gasteiger partial charge in [0.2, 0.25) is 0 Å². The van der Waals surface area contributed by atoms with Crippen LogP contribution in [0.4, 0.5) is 0 Å². The van der Waals surface area contributed by atoms with Crippen LogP contribution in [0.5, 0.6) is 5.75 Å². The molecular formula is C14H11BrClN3O. The Labute approximate surface area is 129 Å². The molecular weight excluding hydrogens is 342 g/mol. The van der Waals surface area contributed by atoms with Gasteiger partial charge in [-0.2, -0.15) is 5.10 Å². The molecule has 2 heterocycles. The predicted octanol–water partition coefficient (Wildman–Crippen LogP) is 3.96. The monoisotopic (exact) mass is 351 g/mol. The first-order valence-electron chi connectivity index (χ1n) is 5.99. The zero-order chi connectivity index (χ0) is 14.1. The first kappa shape index (κ1) is 13.4. The third-order valence-electron chi connectivity index (χ3n) is 2.93. The van der Waals surface area contributed by atoms with Crippen molar-refractivity contribution in [3.63, 3.8) is 0 Å². The van der Waals surface area contributed by atoms with Crippen LogP contribution in [0.3, 0.4) is 0 Å². The molecule has 0 spiro atoms. The second kappa shape index (κ2) is 5.42. The zero-order valence-electron chi connectivity index (χ0n) is 10.7. The van der Waals surface area contributed by atoms with Crippen LogP contribution in [0, 0.1) is 0 Å².